The number of aromatic nitrogens is 1. The minimum absolute atomic E-state index is 0.00500. The van der Waals surface area contributed by atoms with E-state index in [0.717, 1.165) is 39.5 Å². The van der Waals surface area contributed by atoms with Gasteiger partial charge in [0.25, 0.3) is 6.71 Å². The molecule has 1 unspecified atom stereocenters. The summed E-state index contributed by atoms with van der Waals surface area (Å²) in [5.74, 6) is 0. The Labute approximate surface area is 408 Å². The third-order valence-corrected chi connectivity index (χ3v) is 15.4. The number of hydrogen-bond donors (Lipinski definition) is 0. The molecule has 10 aromatic carbocycles. The third kappa shape index (κ3) is 5.44. The summed E-state index contributed by atoms with van der Waals surface area (Å²) in [6.45, 7) is 0.00500. The largest absolute Gasteiger partial charge is 0.311 e. The Morgan fingerprint density at radius 3 is 1.41 bits per heavy atom. The summed E-state index contributed by atoms with van der Waals surface area (Å²) in [5.41, 5.74) is 27.3. The molecule has 2 aliphatic carbocycles. The lowest BCUT2D eigenvalue weighted by Crippen LogP contribution is -2.61. The summed E-state index contributed by atoms with van der Waals surface area (Å²) in [6, 6.07) is 94.3. The molecule has 0 radical (unpaired) electrons. The Bertz CT molecular complexity index is 3850. The van der Waals surface area contributed by atoms with Gasteiger partial charge in [-0.15, -0.1) is 0 Å². The van der Waals surface area contributed by atoms with Gasteiger partial charge in [-0.1, -0.05) is 188 Å². The predicted octanol–water partition coefficient (Wildman–Crippen LogP) is 14.5. The highest BCUT2D eigenvalue weighted by Crippen LogP contribution is 2.64. The smallest absolute Gasteiger partial charge is 0.252 e. The molecule has 1 spiro atoms. The SMILES string of the molecule is c1ccc(-c2cc(-c3ccc4c(c3)C3(c5ccccc5-4)c4ccccc4-c4cc5c(cc43)N(c3ccccc3)c3cccc4c3B5c3ccccc3N4c3ccccc3)cc(-c3ccccc3)n2)cc1. The molecule has 0 bridgehead atoms. The fourth-order valence-corrected chi connectivity index (χ4v) is 12.6. The summed E-state index contributed by atoms with van der Waals surface area (Å²) in [7, 11) is 0. The van der Waals surface area contributed by atoms with E-state index in [1.54, 1.807) is 0 Å². The second kappa shape index (κ2) is 15.0. The second-order valence-electron chi connectivity index (χ2n) is 19.0. The number of hydrogen-bond acceptors (Lipinski definition) is 3. The lowest BCUT2D eigenvalue weighted by atomic mass is 9.33. The summed E-state index contributed by atoms with van der Waals surface area (Å²) in [6.07, 6.45) is 0. The Kier molecular flexibility index (Phi) is 8.37. The number of benzene rings is 10. The fraction of sp³-hybridized carbons (Fsp3) is 0.0152. The minimum atomic E-state index is -0.584. The molecule has 11 aromatic rings. The molecule has 0 N–H and O–H groups in total. The second-order valence-corrected chi connectivity index (χ2v) is 19.0. The number of fused-ring (bicyclic) bond motifs is 14. The summed E-state index contributed by atoms with van der Waals surface area (Å²) in [4.78, 5) is 10.3. The predicted molar refractivity (Wildman–Crippen MR) is 291 cm³/mol. The van der Waals surface area contributed by atoms with Gasteiger partial charge in [0.05, 0.1) is 16.8 Å². The van der Waals surface area contributed by atoms with Crippen LogP contribution in [0.2, 0.25) is 0 Å². The molecule has 0 saturated heterocycles. The van der Waals surface area contributed by atoms with Crippen LogP contribution in [0.15, 0.2) is 255 Å². The van der Waals surface area contributed by atoms with Gasteiger partial charge in [0.2, 0.25) is 0 Å². The van der Waals surface area contributed by atoms with Crippen LogP contribution >= 0.6 is 0 Å². The average molecular weight is 888 g/mol. The summed E-state index contributed by atoms with van der Waals surface area (Å²) >= 11 is 0. The van der Waals surface area contributed by atoms with Gasteiger partial charge in [0, 0.05) is 45.3 Å². The van der Waals surface area contributed by atoms with Gasteiger partial charge < -0.3 is 9.80 Å². The molecule has 0 amide bonds. The van der Waals surface area contributed by atoms with Crippen molar-refractivity contribution in [2.45, 2.75) is 5.41 Å². The van der Waals surface area contributed by atoms with E-state index in [0.29, 0.717) is 0 Å². The van der Waals surface area contributed by atoms with Crippen molar-refractivity contribution in [2.24, 2.45) is 0 Å². The van der Waals surface area contributed by atoms with Gasteiger partial charge in [0.15, 0.2) is 0 Å². The zero-order chi connectivity index (χ0) is 45.9. The van der Waals surface area contributed by atoms with Gasteiger partial charge in [-0.3, -0.25) is 0 Å². The fourth-order valence-electron chi connectivity index (χ4n) is 12.6. The zero-order valence-electron chi connectivity index (χ0n) is 38.2. The maximum Gasteiger partial charge on any atom is 0.252 e. The lowest BCUT2D eigenvalue weighted by Gasteiger charge is -2.44. The first-order valence-electron chi connectivity index (χ1n) is 24.3. The normalized spacial score (nSPS) is 15.1. The molecule has 1 atom stereocenters. The van der Waals surface area contributed by atoms with Gasteiger partial charge >= 0.3 is 0 Å². The van der Waals surface area contributed by atoms with Gasteiger partial charge in [0.1, 0.15) is 0 Å². The van der Waals surface area contributed by atoms with Crippen LogP contribution in [-0.2, 0) is 5.41 Å². The minimum Gasteiger partial charge on any atom is -0.311 e. The van der Waals surface area contributed by atoms with Crippen LogP contribution in [-0.4, -0.2) is 11.7 Å². The zero-order valence-corrected chi connectivity index (χ0v) is 38.2. The van der Waals surface area contributed by atoms with E-state index < -0.39 is 5.41 Å². The monoisotopic (exact) mass is 887 g/mol. The molecule has 3 nitrogen and oxygen atoms in total. The lowest BCUT2D eigenvalue weighted by molar-refractivity contribution is 0.794. The Hall–Kier alpha value is -8.99. The van der Waals surface area contributed by atoms with Crippen molar-refractivity contribution in [3.8, 4) is 55.9 Å². The first-order valence-corrected chi connectivity index (χ1v) is 24.3. The molecule has 0 saturated carbocycles. The van der Waals surface area contributed by atoms with Crippen molar-refractivity contribution in [1.82, 2.24) is 4.98 Å². The Morgan fingerprint density at radius 2 is 0.786 bits per heavy atom. The van der Waals surface area contributed by atoms with Gasteiger partial charge in [-0.25, -0.2) is 4.98 Å². The summed E-state index contributed by atoms with van der Waals surface area (Å²) in [5, 5.41) is 0. The van der Waals surface area contributed by atoms with Crippen LogP contribution < -0.4 is 26.2 Å². The van der Waals surface area contributed by atoms with Crippen molar-refractivity contribution in [3.63, 3.8) is 0 Å². The molecule has 324 valence electrons. The van der Waals surface area contributed by atoms with E-state index in [9.17, 15) is 0 Å². The molecule has 70 heavy (non-hydrogen) atoms. The summed E-state index contributed by atoms with van der Waals surface area (Å²) < 4.78 is 0. The van der Waals surface area contributed by atoms with Crippen LogP contribution in [0.5, 0.6) is 0 Å². The molecule has 2 aliphatic heterocycles. The van der Waals surface area contributed by atoms with Crippen LogP contribution in [0.4, 0.5) is 34.1 Å². The molecule has 0 fully saturated rings. The topological polar surface area (TPSA) is 19.4 Å². The van der Waals surface area contributed by atoms with Crippen LogP contribution in [0, 0.1) is 0 Å². The maximum atomic E-state index is 5.27. The van der Waals surface area contributed by atoms with E-state index in [4.69, 9.17) is 4.98 Å². The number of nitrogens with zero attached hydrogens (tertiary/aromatic N) is 3. The van der Waals surface area contributed by atoms with Gasteiger partial charge in [-0.05, 0) is 139 Å². The van der Waals surface area contributed by atoms with E-state index >= 15 is 0 Å². The van der Waals surface area contributed by atoms with Crippen molar-refractivity contribution >= 4 is 57.2 Å². The number of anilines is 6. The van der Waals surface area contributed by atoms with Crippen molar-refractivity contribution in [1.29, 1.82) is 0 Å². The Balaban J connectivity index is 1.01. The highest BCUT2D eigenvalue weighted by Gasteiger charge is 2.53. The van der Waals surface area contributed by atoms with E-state index in [1.807, 2.05) is 0 Å². The number of rotatable bonds is 5. The van der Waals surface area contributed by atoms with Crippen LogP contribution in [0.25, 0.3) is 55.9 Å². The van der Waals surface area contributed by atoms with Crippen molar-refractivity contribution < 1.29 is 0 Å². The van der Waals surface area contributed by atoms with Crippen molar-refractivity contribution in [3.05, 3.63) is 277 Å². The molecule has 4 heteroatoms. The first kappa shape index (κ1) is 39.1. The van der Waals surface area contributed by atoms with Crippen LogP contribution in [0.1, 0.15) is 22.3 Å². The number of pyridine rings is 1. The maximum absolute atomic E-state index is 5.27. The van der Waals surface area contributed by atoms with Gasteiger partial charge in [-0.2, -0.15) is 0 Å². The quantitative estimate of drug-likeness (QED) is 0.161. The average Bonchev–Trinajstić information content (AvgIpc) is 3.89. The molecule has 3 heterocycles. The van der Waals surface area contributed by atoms with E-state index in [-0.39, 0.29) is 6.71 Å². The third-order valence-electron chi connectivity index (χ3n) is 15.4. The Morgan fingerprint density at radius 1 is 0.300 bits per heavy atom. The molecule has 4 aliphatic rings. The first-order chi connectivity index (χ1) is 34.7. The van der Waals surface area contributed by atoms with Crippen LogP contribution in [0.3, 0.4) is 0 Å². The molecular weight excluding hydrogens is 846 g/mol. The molecular formula is C66H42BN3. The molecule has 1 aromatic heterocycles. The van der Waals surface area contributed by atoms with E-state index in [2.05, 4.69) is 265 Å². The van der Waals surface area contributed by atoms with Crippen molar-refractivity contribution in [2.75, 3.05) is 9.80 Å². The highest BCUT2D eigenvalue weighted by molar-refractivity contribution is 7.00. The highest BCUT2D eigenvalue weighted by atomic mass is 15.2. The number of para-hydroxylation sites is 3. The van der Waals surface area contributed by atoms with E-state index in [1.165, 1.54) is 89.2 Å². The standard InChI is InChI=1S/C66H42BN3/c1-5-20-43(21-6-1)59-39-46(40-60(68-59)44-22-7-2-8-23-44)45-36-37-51-49-28-13-15-30-53(49)66(55(51)38-45)54-31-16-14-29-50(54)52-41-58-64(42-56(52)66)70(48-26-11-4-12-27-48)63-35-19-34-62-65(63)67(58)57-32-17-18-33-61(57)69(62)47-24-9-3-10-25-47/h1-42H. The molecule has 15 rings (SSSR count).